The third-order valence-corrected chi connectivity index (χ3v) is 10.4. The molecule has 3 aromatic carbocycles. The largest absolute Gasteiger partial charge is 0.416 e. The van der Waals surface area contributed by atoms with Gasteiger partial charge in [0.2, 0.25) is 0 Å². The third-order valence-electron chi connectivity index (χ3n) is 10.00. The SMILES string of the molecule is CC#N.Cc1ccc(C(=O)Cl)cc1.Cc1ccc(C(=O)NC(=S)Nc2cc(C(F)(F)F)ccc2N2CCCCCCC2)cn1.Nc1cc(C(F)(F)F)ccc1N1CCCCCCC1. The molecule has 2 aliphatic rings. The summed E-state index contributed by atoms with van der Waals surface area (Å²) in [6, 6.07) is 19.4. The normalized spacial score (nSPS) is 14.4. The van der Waals surface area contributed by atoms with Gasteiger partial charge in [-0.3, -0.25) is 19.9 Å². The lowest BCUT2D eigenvalue weighted by Gasteiger charge is -2.29. The lowest BCUT2D eigenvalue weighted by molar-refractivity contribution is -0.138. The molecule has 6 rings (SSSR count). The standard InChI is InChI=1S/C22H25F3N4OS.C14H19F3N2.C8H7ClO.C2H3N/c1-15-7-8-16(14-26-15)20(30)28-21(31)27-18-13-17(22(23,24)25)9-10-19(18)29-11-5-3-2-4-6-12-29;15-14(16,17)11-6-7-13(12(18)10-11)19-8-4-2-1-3-5-9-19;1-6-2-4-7(5-3-6)8(9)10;1-2-3/h7-10,13-14H,2-6,11-12H2,1H3,(H2,27,28,30,31);6-7,10H,1-5,8-9,18H2;2-5H,1H3;1H3. The van der Waals surface area contributed by atoms with Crippen LogP contribution in [0.15, 0.2) is 79.0 Å². The Bertz CT molecular complexity index is 2110. The molecule has 1 amide bonds. The van der Waals surface area contributed by atoms with Crippen molar-refractivity contribution < 1.29 is 35.9 Å². The van der Waals surface area contributed by atoms with Crippen LogP contribution in [0, 0.1) is 25.2 Å². The van der Waals surface area contributed by atoms with E-state index in [1.54, 1.807) is 37.3 Å². The number of nitrogen functional groups attached to an aromatic ring is 1. The summed E-state index contributed by atoms with van der Waals surface area (Å²) in [5, 5.41) is 12.2. The number of carbonyl (C=O) groups is 2. The number of nitrogens with two attached hydrogens (primary N) is 1. The van der Waals surface area contributed by atoms with Crippen molar-refractivity contribution in [3.63, 3.8) is 0 Å². The quantitative estimate of drug-likeness (QED) is 0.0776. The van der Waals surface area contributed by atoms with Gasteiger partial charge in [0.15, 0.2) is 5.11 Å². The van der Waals surface area contributed by atoms with Crippen LogP contribution in [-0.4, -0.2) is 47.4 Å². The zero-order valence-electron chi connectivity index (χ0n) is 35.6. The van der Waals surface area contributed by atoms with Crippen molar-refractivity contribution in [2.45, 2.75) is 97.3 Å². The van der Waals surface area contributed by atoms with Gasteiger partial charge in [0.1, 0.15) is 0 Å². The molecule has 0 unspecified atom stereocenters. The van der Waals surface area contributed by atoms with Crippen molar-refractivity contribution in [2.75, 3.05) is 47.0 Å². The summed E-state index contributed by atoms with van der Waals surface area (Å²) in [6.07, 6.45) is 3.67. The molecule has 2 fully saturated rings. The van der Waals surface area contributed by atoms with Gasteiger partial charge in [-0.1, -0.05) is 56.2 Å². The predicted octanol–water partition coefficient (Wildman–Crippen LogP) is 12.3. The van der Waals surface area contributed by atoms with Crippen molar-refractivity contribution in [2.24, 2.45) is 0 Å². The van der Waals surface area contributed by atoms with Gasteiger partial charge in [0.05, 0.1) is 45.5 Å². The number of benzene rings is 3. The summed E-state index contributed by atoms with van der Waals surface area (Å²) in [5.74, 6) is -0.482. The molecule has 4 aromatic rings. The molecule has 17 heteroatoms. The first-order chi connectivity index (χ1) is 29.8. The summed E-state index contributed by atoms with van der Waals surface area (Å²) in [6.45, 7) is 8.45. The minimum atomic E-state index is -4.48. The second kappa shape index (κ2) is 25.6. The van der Waals surface area contributed by atoms with Gasteiger partial charge in [-0.25, -0.2) is 0 Å². The molecule has 3 heterocycles. The number of aromatic nitrogens is 1. The number of aryl methyl sites for hydroxylation is 2. The van der Waals surface area contributed by atoms with Crippen LogP contribution in [0.4, 0.5) is 49.1 Å². The maximum atomic E-state index is 13.3. The molecule has 2 aliphatic heterocycles. The van der Waals surface area contributed by atoms with Crippen molar-refractivity contribution in [1.29, 1.82) is 5.26 Å². The second-order valence-corrected chi connectivity index (χ2v) is 15.7. The van der Waals surface area contributed by atoms with E-state index in [-0.39, 0.29) is 16.5 Å². The number of alkyl halides is 6. The van der Waals surface area contributed by atoms with Crippen LogP contribution in [0.2, 0.25) is 0 Å². The fourth-order valence-electron chi connectivity index (χ4n) is 6.70. The number of nitriles is 1. The van der Waals surface area contributed by atoms with Gasteiger partial charge in [0, 0.05) is 50.6 Å². The average molecular weight is 918 g/mol. The van der Waals surface area contributed by atoms with Crippen LogP contribution in [0.1, 0.15) is 114 Å². The maximum absolute atomic E-state index is 13.3. The van der Waals surface area contributed by atoms with Crippen LogP contribution in [-0.2, 0) is 12.4 Å². The Morgan fingerprint density at radius 2 is 1.16 bits per heavy atom. The Morgan fingerprint density at radius 3 is 1.60 bits per heavy atom. The van der Waals surface area contributed by atoms with Crippen LogP contribution >= 0.6 is 23.8 Å². The van der Waals surface area contributed by atoms with E-state index in [2.05, 4.69) is 25.4 Å². The first kappa shape index (κ1) is 51.9. The highest BCUT2D eigenvalue weighted by molar-refractivity contribution is 7.80. The summed E-state index contributed by atoms with van der Waals surface area (Å²) >= 11 is 10.4. The zero-order valence-corrected chi connectivity index (χ0v) is 37.2. The van der Waals surface area contributed by atoms with Gasteiger partial charge < -0.3 is 20.9 Å². The highest BCUT2D eigenvalue weighted by Crippen LogP contribution is 2.37. The maximum Gasteiger partial charge on any atom is 0.416 e. The molecule has 0 atom stereocenters. The number of pyridine rings is 1. The highest BCUT2D eigenvalue weighted by Gasteiger charge is 2.32. The number of carbonyl (C=O) groups excluding carboxylic acids is 2. The lowest BCUT2D eigenvalue weighted by atomic mass is 10.1. The van der Waals surface area contributed by atoms with E-state index in [0.29, 0.717) is 16.8 Å². The Labute approximate surface area is 376 Å². The molecule has 4 N–H and O–H groups in total. The first-order valence-electron chi connectivity index (χ1n) is 20.6. The molecule has 63 heavy (non-hydrogen) atoms. The topological polar surface area (TPSA) is 127 Å². The molecule has 0 radical (unpaired) electrons. The van der Waals surface area contributed by atoms with E-state index in [1.165, 1.54) is 50.9 Å². The van der Waals surface area contributed by atoms with Crippen molar-refractivity contribution in [3.05, 3.63) is 113 Å². The van der Waals surface area contributed by atoms with Gasteiger partial charge in [-0.2, -0.15) is 31.6 Å². The van der Waals surface area contributed by atoms with E-state index >= 15 is 0 Å². The van der Waals surface area contributed by atoms with E-state index in [0.717, 1.165) is 106 Å². The smallest absolute Gasteiger partial charge is 0.397 e. The number of nitrogens with zero attached hydrogens (tertiary/aromatic N) is 4. The summed E-state index contributed by atoms with van der Waals surface area (Å²) in [5.41, 5.74) is 8.90. The Morgan fingerprint density at radius 1 is 0.714 bits per heavy atom. The number of amides is 1. The third kappa shape index (κ3) is 18.1. The van der Waals surface area contributed by atoms with Crippen LogP contribution in [0.5, 0.6) is 0 Å². The molecule has 9 nitrogen and oxygen atoms in total. The number of hydrogen-bond donors (Lipinski definition) is 3. The number of hydrogen-bond acceptors (Lipinski definition) is 8. The number of halogens is 7. The number of nitrogens with one attached hydrogen (secondary N) is 2. The molecule has 0 bridgehead atoms. The second-order valence-electron chi connectivity index (χ2n) is 15.0. The minimum absolute atomic E-state index is 0.0711. The van der Waals surface area contributed by atoms with E-state index in [4.69, 9.17) is 34.8 Å². The summed E-state index contributed by atoms with van der Waals surface area (Å²) in [4.78, 5) is 31.2. The van der Waals surface area contributed by atoms with Crippen molar-refractivity contribution in [3.8, 4) is 6.07 Å². The number of anilines is 4. The average Bonchev–Trinajstić information content (AvgIpc) is 3.19. The molecule has 1 aromatic heterocycles. The van der Waals surface area contributed by atoms with Gasteiger partial charge in [-0.05, 0) is 124 Å². The van der Waals surface area contributed by atoms with Gasteiger partial charge in [0.25, 0.3) is 11.1 Å². The molecule has 340 valence electrons. The van der Waals surface area contributed by atoms with Crippen molar-refractivity contribution >= 4 is 62.8 Å². The Balaban J connectivity index is 0.000000278. The molecule has 2 saturated heterocycles. The summed E-state index contributed by atoms with van der Waals surface area (Å²) in [7, 11) is 0. The molecular formula is C46H54ClF6N7O2S. The van der Waals surface area contributed by atoms with E-state index < -0.39 is 34.6 Å². The molecule has 0 saturated carbocycles. The van der Waals surface area contributed by atoms with Gasteiger partial charge in [-0.15, -0.1) is 0 Å². The van der Waals surface area contributed by atoms with E-state index in [1.807, 2.05) is 19.1 Å². The van der Waals surface area contributed by atoms with E-state index in [9.17, 15) is 35.9 Å². The highest BCUT2D eigenvalue weighted by atomic mass is 35.5. The lowest BCUT2D eigenvalue weighted by Crippen LogP contribution is -2.35. The number of thiocarbonyl (C=S) groups is 1. The van der Waals surface area contributed by atoms with Crippen molar-refractivity contribution in [1.82, 2.24) is 10.3 Å². The Hall–Kier alpha value is -5.40. The zero-order chi connectivity index (χ0) is 46.6. The fourth-order valence-corrected chi connectivity index (χ4v) is 7.03. The molecule has 0 spiro atoms. The Kier molecular flexibility index (Phi) is 21.1. The predicted molar refractivity (Wildman–Crippen MR) is 243 cm³/mol. The summed E-state index contributed by atoms with van der Waals surface area (Å²) < 4.78 is 77.7. The number of rotatable bonds is 5. The van der Waals surface area contributed by atoms with Crippen LogP contribution in [0.25, 0.3) is 0 Å². The van der Waals surface area contributed by atoms with Crippen LogP contribution < -0.4 is 26.2 Å². The molecule has 0 aliphatic carbocycles. The van der Waals surface area contributed by atoms with Crippen LogP contribution in [0.3, 0.4) is 0 Å². The minimum Gasteiger partial charge on any atom is -0.397 e. The first-order valence-corrected chi connectivity index (χ1v) is 21.4. The monoisotopic (exact) mass is 917 g/mol. The molecular weight excluding hydrogens is 864 g/mol. The van der Waals surface area contributed by atoms with Gasteiger partial charge >= 0.3 is 12.4 Å². The fraction of sp³-hybridized carbons (Fsp3) is 0.413.